The second kappa shape index (κ2) is 8.24. The lowest BCUT2D eigenvalue weighted by molar-refractivity contribution is -0.0000135. The van der Waals surface area contributed by atoms with Crippen molar-refractivity contribution in [1.29, 1.82) is 0 Å². The van der Waals surface area contributed by atoms with Gasteiger partial charge in [-0.25, -0.2) is 0 Å². The zero-order valence-corrected chi connectivity index (χ0v) is 17.6. The predicted molar refractivity (Wildman–Crippen MR) is 104 cm³/mol. The standard InChI is InChI=1S/C18H14O6S3.ClH/c1-12-8-17(13-4-2-6-15(10-13)26(19,20)21)25-18(9-12)14-5-3-7-16(11-14)27(22,23)24;/h2-11H,1H3,(H-,19,20,21,22,23,24);1H. The first-order chi connectivity index (χ1) is 12.5. The van der Waals surface area contributed by atoms with Crippen molar-refractivity contribution < 1.29 is 38.3 Å². The normalized spacial score (nSPS) is 11.7. The summed E-state index contributed by atoms with van der Waals surface area (Å²) in [6.45, 7) is 1.86. The molecule has 1 heterocycles. The van der Waals surface area contributed by atoms with E-state index in [4.69, 9.17) is 0 Å². The molecular weight excluding hydrogens is 444 g/mol. The fourth-order valence-electron chi connectivity index (χ4n) is 2.54. The number of halogens is 1. The zero-order valence-electron chi connectivity index (χ0n) is 14.4. The van der Waals surface area contributed by atoms with E-state index < -0.39 is 20.2 Å². The van der Waals surface area contributed by atoms with Gasteiger partial charge >= 0.3 is 0 Å². The number of aryl methyl sites for hydroxylation is 1. The molecule has 28 heavy (non-hydrogen) atoms. The lowest BCUT2D eigenvalue weighted by Crippen LogP contribution is -3.00. The van der Waals surface area contributed by atoms with Crippen molar-refractivity contribution >= 4 is 31.6 Å². The molecule has 0 saturated carbocycles. The molecule has 2 N–H and O–H groups in total. The molecule has 1 aromatic heterocycles. The van der Waals surface area contributed by atoms with Crippen LogP contribution in [0.5, 0.6) is 0 Å². The fourth-order valence-corrected chi connectivity index (χ4v) is 4.81. The van der Waals surface area contributed by atoms with Crippen molar-refractivity contribution in [2.45, 2.75) is 16.7 Å². The van der Waals surface area contributed by atoms with E-state index >= 15 is 0 Å². The molecular formula is C18H15ClO6S3. The number of benzene rings is 2. The first-order valence-corrected chi connectivity index (χ1v) is 11.3. The van der Waals surface area contributed by atoms with Crippen molar-refractivity contribution in [2.24, 2.45) is 0 Å². The van der Waals surface area contributed by atoms with Gasteiger partial charge in [-0.2, -0.15) is 16.8 Å². The van der Waals surface area contributed by atoms with E-state index in [1.54, 1.807) is 12.1 Å². The van der Waals surface area contributed by atoms with Crippen LogP contribution in [0.15, 0.2) is 70.5 Å². The molecule has 148 valence electrons. The first-order valence-electron chi connectivity index (χ1n) is 7.65. The third-order valence-corrected chi connectivity index (χ3v) is 6.62. The van der Waals surface area contributed by atoms with Gasteiger partial charge in [0.25, 0.3) is 20.2 Å². The van der Waals surface area contributed by atoms with Crippen LogP contribution >= 0.6 is 11.3 Å². The monoisotopic (exact) mass is 458 g/mol. The minimum atomic E-state index is -4.32. The zero-order chi connectivity index (χ0) is 19.8. The summed E-state index contributed by atoms with van der Waals surface area (Å²) in [4.78, 5) is 1.08. The third kappa shape index (κ3) is 5.13. The van der Waals surface area contributed by atoms with Crippen LogP contribution in [-0.4, -0.2) is 25.9 Å². The smallest absolute Gasteiger partial charge is 0.294 e. The highest BCUT2D eigenvalue weighted by Crippen LogP contribution is 2.35. The molecule has 0 aliphatic rings. The van der Waals surface area contributed by atoms with Crippen molar-refractivity contribution in [1.82, 2.24) is 0 Å². The molecule has 0 radical (unpaired) electrons. The molecule has 10 heteroatoms. The minimum absolute atomic E-state index is 0. The molecule has 3 rings (SSSR count). The average molecular weight is 459 g/mol. The van der Waals surface area contributed by atoms with Crippen LogP contribution in [-0.2, 0) is 20.2 Å². The highest BCUT2D eigenvalue weighted by atomic mass is 35.5. The average Bonchev–Trinajstić information content (AvgIpc) is 2.60. The molecule has 0 bridgehead atoms. The number of rotatable bonds is 4. The Hall–Kier alpha value is -1.88. The lowest BCUT2D eigenvalue weighted by atomic mass is 10.1. The molecule has 0 aliphatic carbocycles. The Kier molecular flexibility index (Phi) is 6.59. The summed E-state index contributed by atoms with van der Waals surface area (Å²) in [5.41, 5.74) is 2.09. The fraction of sp³-hybridized carbons (Fsp3) is 0.0556. The summed E-state index contributed by atoms with van der Waals surface area (Å²) >= 11 is 1.33. The van der Waals surface area contributed by atoms with Crippen LogP contribution < -0.4 is 12.4 Å². The number of hydrogen-bond acceptors (Lipinski definition) is 4. The second-order valence-electron chi connectivity index (χ2n) is 5.87. The molecule has 2 aromatic carbocycles. The maximum Gasteiger partial charge on any atom is 0.294 e. The van der Waals surface area contributed by atoms with Crippen molar-refractivity contribution in [2.75, 3.05) is 0 Å². The van der Waals surface area contributed by atoms with Gasteiger partial charge < -0.3 is 12.4 Å². The van der Waals surface area contributed by atoms with Gasteiger partial charge in [-0.1, -0.05) is 12.1 Å². The van der Waals surface area contributed by atoms with Crippen LogP contribution in [0, 0.1) is 6.92 Å². The second-order valence-corrected chi connectivity index (χ2v) is 9.80. The van der Waals surface area contributed by atoms with Gasteiger partial charge in [-0.3, -0.25) is 9.11 Å². The van der Waals surface area contributed by atoms with E-state index in [1.165, 1.54) is 47.7 Å². The Morgan fingerprint density at radius 1 is 0.714 bits per heavy atom. The largest absolute Gasteiger partial charge is 1.00 e. The summed E-state index contributed by atoms with van der Waals surface area (Å²) in [6.07, 6.45) is 0. The van der Waals surface area contributed by atoms with E-state index in [2.05, 4.69) is 0 Å². The topological polar surface area (TPSA) is 109 Å². The van der Waals surface area contributed by atoms with Gasteiger partial charge in [0, 0.05) is 23.3 Å². The lowest BCUT2D eigenvalue weighted by Gasteiger charge is -2.02. The van der Waals surface area contributed by atoms with E-state index in [0.717, 1.165) is 15.3 Å². The quantitative estimate of drug-likeness (QED) is 0.448. The summed E-state index contributed by atoms with van der Waals surface area (Å²) in [6, 6.07) is 15.6. The Bertz CT molecular complexity index is 1140. The highest BCUT2D eigenvalue weighted by Gasteiger charge is 2.21. The minimum Gasteiger partial charge on any atom is -1.00 e. The molecule has 0 fully saturated rings. The Balaban J connectivity index is 0.00000280. The van der Waals surface area contributed by atoms with E-state index in [9.17, 15) is 25.9 Å². The Morgan fingerprint density at radius 2 is 1.11 bits per heavy atom. The van der Waals surface area contributed by atoms with E-state index in [0.29, 0.717) is 11.1 Å². The van der Waals surface area contributed by atoms with Gasteiger partial charge in [-0.05, 0) is 48.9 Å². The molecule has 3 aromatic rings. The molecule has 0 spiro atoms. The van der Waals surface area contributed by atoms with Crippen LogP contribution in [0.25, 0.3) is 20.9 Å². The molecule has 0 aliphatic heterocycles. The van der Waals surface area contributed by atoms with E-state index in [1.807, 2.05) is 19.1 Å². The molecule has 0 amide bonds. The van der Waals surface area contributed by atoms with Gasteiger partial charge in [0.2, 0.25) is 21.1 Å². The summed E-state index contributed by atoms with van der Waals surface area (Å²) in [5.74, 6) is 0. The van der Waals surface area contributed by atoms with Gasteiger partial charge in [-0.15, -0.1) is 0 Å². The van der Waals surface area contributed by atoms with Crippen molar-refractivity contribution in [3.8, 4) is 20.9 Å². The van der Waals surface area contributed by atoms with E-state index in [-0.39, 0.29) is 22.2 Å². The van der Waals surface area contributed by atoms with Gasteiger partial charge in [0.15, 0.2) is 0 Å². The third-order valence-electron chi connectivity index (χ3n) is 3.77. The van der Waals surface area contributed by atoms with Crippen molar-refractivity contribution in [3.05, 3.63) is 66.2 Å². The maximum atomic E-state index is 11.4. The molecule has 6 nitrogen and oxygen atoms in total. The number of hydrogen-bond donors (Lipinski definition) is 2. The molecule has 0 atom stereocenters. The van der Waals surface area contributed by atoms with Gasteiger partial charge in [0.1, 0.15) is 0 Å². The summed E-state index contributed by atoms with van der Waals surface area (Å²) in [7, 11) is -8.64. The predicted octanol–water partition coefficient (Wildman–Crippen LogP) is 1.17. The van der Waals surface area contributed by atoms with Crippen LogP contribution in [0.4, 0.5) is 0 Å². The van der Waals surface area contributed by atoms with Crippen LogP contribution in [0.1, 0.15) is 5.56 Å². The Labute approximate surface area is 173 Å². The van der Waals surface area contributed by atoms with Crippen LogP contribution in [0.3, 0.4) is 0 Å². The van der Waals surface area contributed by atoms with Gasteiger partial charge in [0.05, 0.1) is 9.79 Å². The van der Waals surface area contributed by atoms with Crippen LogP contribution in [0.2, 0.25) is 0 Å². The highest BCUT2D eigenvalue weighted by molar-refractivity contribution is 7.86. The molecule has 0 saturated heterocycles. The maximum absolute atomic E-state index is 11.4. The summed E-state index contributed by atoms with van der Waals surface area (Å²) in [5, 5.41) is 0. The SMILES string of the molecule is Cc1cc(-c2cccc(S(=O)(=O)O)c2)[s+]c(-c2cccc(S(=O)(=O)O)c2)c1.[Cl-]. The molecule has 0 unspecified atom stereocenters. The first kappa shape index (κ1) is 22.4. The summed E-state index contributed by atoms with van der Waals surface area (Å²) < 4.78 is 64.0. The van der Waals surface area contributed by atoms with Crippen molar-refractivity contribution in [3.63, 3.8) is 0 Å². The Morgan fingerprint density at radius 3 is 1.46 bits per heavy atom.